The Balaban J connectivity index is 1.99. The van der Waals surface area contributed by atoms with Crippen molar-refractivity contribution < 1.29 is 32.4 Å². The van der Waals surface area contributed by atoms with Gasteiger partial charge in [-0.1, -0.05) is 17.7 Å². The number of amides is 1. The fourth-order valence-electron chi connectivity index (χ4n) is 3.52. The molecule has 0 bridgehead atoms. The zero-order valence-electron chi connectivity index (χ0n) is 20.9. The fourth-order valence-corrected chi connectivity index (χ4v) is 4.07. The van der Waals surface area contributed by atoms with E-state index in [0.717, 1.165) is 17.2 Å². The topological polar surface area (TPSA) is 114 Å². The second-order valence-electron chi connectivity index (χ2n) is 8.24. The maximum absolute atomic E-state index is 13.1. The highest BCUT2D eigenvalue weighted by Gasteiger charge is 2.33. The second-order valence-corrected chi connectivity index (χ2v) is 9.10. The van der Waals surface area contributed by atoms with Crippen molar-refractivity contribution in [2.24, 2.45) is 0 Å². The number of nitriles is 1. The summed E-state index contributed by atoms with van der Waals surface area (Å²) in [5.41, 5.74) is 0.431. The summed E-state index contributed by atoms with van der Waals surface area (Å²) in [6.07, 6.45) is -3.46. The molecule has 8 nitrogen and oxygen atoms in total. The first kappa shape index (κ1) is 29.2. The van der Waals surface area contributed by atoms with E-state index in [-0.39, 0.29) is 28.2 Å². The molecule has 39 heavy (non-hydrogen) atoms. The van der Waals surface area contributed by atoms with Crippen molar-refractivity contribution in [3.63, 3.8) is 0 Å². The molecule has 0 unspecified atom stereocenters. The van der Waals surface area contributed by atoms with Gasteiger partial charge in [-0.05, 0) is 84.2 Å². The number of nitrogens with zero attached hydrogens (tertiary/aromatic N) is 2. The Hall–Kier alpha value is -4.37. The molecule has 0 fully saturated rings. The number of nitro benzene ring substituents is 1. The smallest absolute Gasteiger partial charge is 0.416 e. The molecule has 202 valence electrons. The monoisotopic (exact) mass is 603 g/mol. The number of nitro groups is 1. The van der Waals surface area contributed by atoms with Crippen LogP contribution in [0.5, 0.6) is 17.2 Å². The first-order valence-electron chi connectivity index (χ1n) is 11.3. The number of carbonyl (C=O) groups is 1. The predicted molar refractivity (Wildman–Crippen MR) is 142 cm³/mol. The van der Waals surface area contributed by atoms with Gasteiger partial charge in [-0.25, -0.2) is 0 Å². The van der Waals surface area contributed by atoms with E-state index in [1.807, 2.05) is 32.0 Å². The lowest BCUT2D eigenvalue weighted by molar-refractivity contribution is -0.385. The molecule has 0 aliphatic rings. The molecule has 0 atom stereocenters. The molecule has 0 aromatic heterocycles. The van der Waals surface area contributed by atoms with E-state index in [0.29, 0.717) is 23.4 Å². The molecule has 0 saturated carbocycles. The van der Waals surface area contributed by atoms with Crippen LogP contribution in [0.15, 0.2) is 58.6 Å². The molecule has 0 saturated heterocycles. The predicted octanol–water partition coefficient (Wildman–Crippen LogP) is 7.73. The van der Waals surface area contributed by atoms with Gasteiger partial charge < -0.3 is 14.8 Å². The van der Waals surface area contributed by atoms with Gasteiger partial charge >= 0.3 is 11.9 Å². The number of carbonyl (C=O) groups excluding carboxylic acids is 1. The van der Waals surface area contributed by atoms with Crippen molar-refractivity contribution >= 4 is 39.3 Å². The van der Waals surface area contributed by atoms with E-state index in [4.69, 9.17) is 9.47 Å². The van der Waals surface area contributed by atoms with Gasteiger partial charge in [-0.3, -0.25) is 14.9 Å². The highest BCUT2D eigenvalue weighted by Crippen LogP contribution is 2.44. The van der Waals surface area contributed by atoms with E-state index < -0.39 is 34.0 Å². The Morgan fingerprint density at radius 1 is 1.15 bits per heavy atom. The number of hydrogen-bond donors (Lipinski definition) is 1. The van der Waals surface area contributed by atoms with Crippen LogP contribution in [-0.2, 0) is 11.0 Å². The van der Waals surface area contributed by atoms with Crippen molar-refractivity contribution in [3.05, 3.63) is 90.9 Å². The normalized spacial score (nSPS) is 11.5. The number of aryl methyl sites for hydroxylation is 2. The number of ether oxygens (including phenoxy) is 2. The molecule has 1 amide bonds. The Labute approximate surface area is 229 Å². The van der Waals surface area contributed by atoms with Crippen LogP contribution in [0.4, 0.5) is 24.5 Å². The molecule has 3 rings (SSSR count). The minimum atomic E-state index is -4.78. The lowest BCUT2D eigenvalue weighted by Gasteiger charge is -2.15. The SMILES string of the molecule is CCOc1cc(/C=C(\C#N)C(=O)Nc2ccc(C)cc2C)cc(Br)c1Oc1ccc(C(F)(F)F)cc1[N+](=O)[O-]. The summed E-state index contributed by atoms with van der Waals surface area (Å²) < 4.78 is 50.6. The van der Waals surface area contributed by atoms with Crippen LogP contribution >= 0.6 is 15.9 Å². The molecule has 3 aromatic carbocycles. The van der Waals surface area contributed by atoms with Crippen LogP contribution in [0.1, 0.15) is 29.2 Å². The molecule has 12 heteroatoms. The molecule has 0 aliphatic heterocycles. The average molecular weight is 604 g/mol. The van der Waals surface area contributed by atoms with Crippen LogP contribution in [0.25, 0.3) is 6.08 Å². The quantitative estimate of drug-likeness (QED) is 0.122. The molecule has 0 heterocycles. The van der Waals surface area contributed by atoms with Gasteiger partial charge in [0.25, 0.3) is 5.91 Å². The lowest BCUT2D eigenvalue weighted by Crippen LogP contribution is -2.14. The molecular formula is C27H21BrF3N3O5. The summed E-state index contributed by atoms with van der Waals surface area (Å²) in [7, 11) is 0. The fraction of sp³-hybridized carbons (Fsp3) is 0.185. The number of alkyl halides is 3. The Kier molecular flexibility index (Phi) is 8.98. The Bertz CT molecular complexity index is 1510. The van der Waals surface area contributed by atoms with Gasteiger partial charge in [-0.2, -0.15) is 18.4 Å². The summed E-state index contributed by atoms with van der Waals surface area (Å²) in [5, 5.41) is 23.8. The van der Waals surface area contributed by atoms with Crippen molar-refractivity contribution in [3.8, 4) is 23.3 Å². The number of benzene rings is 3. The summed E-state index contributed by atoms with van der Waals surface area (Å²) in [6, 6.07) is 12.1. The third kappa shape index (κ3) is 7.14. The number of rotatable bonds is 8. The van der Waals surface area contributed by atoms with Crippen molar-refractivity contribution in [1.29, 1.82) is 5.26 Å². The van der Waals surface area contributed by atoms with Crippen LogP contribution < -0.4 is 14.8 Å². The van der Waals surface area contributed by atoms with Gasteiger partial charge in [0.05, 0.1) is 21.6 Å². The molecular weight excluding hydrogens is 583 g/mol. The van der Waals surface area contributed by atoms with E-state index in [1.165, 1.54) is 18.2 Å². The molecule has 1 N–H and O–H groups in total. The summed E-state index contributed by atoms with van der Waals surface area (Å²) in [6.45, 7) is 5.54. The molecule has 3 aromatic rings. The van der Waals surface area contributed by atoms with Crippen LogP contribution in [0, 0.1) is 35.3 Å². The van der Waals surface area contributed by atoms with Gasteiger partial charge in [0, 0.05) is 11.8 Å². The minimum absolute atomic E-state index is 0.0462. The third-order valence-electron chi connectivity index (χ3n) is 5.33. The summed E-state index contributed by atoms with van der Waals surface area (Å²) in [5.74, 6) is -1.06. The number of halogens is 4. The number of nitrogens with one attached hydrogen (secondary N) is 1. The van der Waals surface area contributed by atoms with E-state index in [2.05, 4.69) is 21.2 Å². The molecule has 0 radical (unpaired) electrons. The van der Waals surface area contributed by atoms with E-state index >= 15 is 0 Å². The minimum Gasteiger partial charge on any atom is -0.490 e. The Morgan fingerprint density at radius 2 is 1.87 bits per heavy atom. The van der Waals surface area contributed by atoms with Crippen LogP contribution in [-0.4, -0.2) is 17.4 Å². The zero-order valence-corrected chi connectivity index (χ0v) is 22.4. The third-order valence-corrected chi connectivity index (χ3v) is 5.92. The largest absolute Gasteiger partial charge is 0.490 e. The number of hydrogen-bond acceptors (Lipinski definition) is 6. The summed E-state index contributed by atoms with van der Waals surface area (Å²) >= 11 is 3.28. The van der Waals surface area contributed by atoms with E-state index in [1.54, 1.807) is 13.0 Å². The first-order valence-corrected chi connectivity index (χ1v) is 12.1. The number of anilines is 1. The maximum Gasteiger partial charge on any atom is 0.416 e. The van der Waals surface area contributed by atoms with Crippen molar-refractivity contribution in [1.82, 2.24) is 0 Å². The standard InChI is InChI=1S/C27H21BrF3N3O5/c1-4-38-24-12-17(10-18(14-32)26(35)33-21-7-5-15(2)9-16(21)3)11-20(28)25(24)39-23-8-6-19(27(29,30)31)13-22(23)34(36)37/h5-13H,4H2,1-3H3,(H,33,35)/b18-10+. The average Bonchev–Trinajstić information content (AvgIpc) is 2.85. The van der Waals surface area contributed by atoms with Crippen molar-refractivity contribution in [2.45, 2.75) is 26.9 Å². The zero-order chi connectivity index (χ0) is 28.9. The lowest BCUT2D eigenvalue weighted by atomic mass is 10.1. The molecule has 0 spiro atoms. The van der Waals surface area contributed by atoms with Gasteiger partial charge in [-0.15, -0.1) is 0 Å². The van der Waals surface area contributed by atoms with Gasteiger partial charge in [0.2, 0.25) is 5.75 Å². The second kappa shape index (κ2) is 12.0. The van der Waals surface area contributed by atoms with E-state index in [9.17, 15) is 33.3 Å². The van der Waals surface area contributed by atoms with Gasteiger partial charge in [0.1, 0.15) is 11.6 Å². The maximum atomic E-state index is 13.1. The van der Waals surface area contributed by atoms with Crippen LogP contribution in [0.2, 0.25) is 0 Å². The van der Waals surface area contributed by atoms with Crippen LogP contribution in [0.3, 0.4) is 0 Å². The molecule has 0 aliphatic carbocycles. The highest BCUT2D eigenvalue weighted by molar-refractivity contribution is 9.10. The van der Waals surface area contributed by atoms with Gasteiger partial charge in [0.15, 0.2) is 11.5 Å². The van der Waals surface area contributed by atoms with Crippen molar-refractivity contribution in [2.75, 3.05) is 11.9 Å². The first-order chi connectivity index (χ1) is 18.3. The Morgan fingerprint density at radius 3 is 2.46 bits per heavy atom. The summed E-state index contributed by atoms with van der Waals surface area (Å²) in [4.78, 5) is 23.3. The highest BCUT2D eigenvalue weighted by atomic mass is 79.9.